The molecule has 0 radical (unpaired) electrons. The van der Waals surface area contributed by atoms with Gasteiger partial charge >= 0.3 is 5.97 Å². The Kier molecular flexibility index (Phi) is 3.74. The molecule has 1 saturated heterocycles. The molecular formula is C14H14N2O4S. The molecule has 0 aliphatic carbocycles. The Morgan fingerprint density at radius 2 is 2.29 bits per heavy atom. The van der Waals surface area contributed by atoms with Crippen molar-refractivity contribution in [3.63, 3.8) is 0 Å². The third-order valence-electron chi connectivity index (χ3n) is 3.53. The zero-order valence-corrected chi connectivity index (χ0v) is 12.0. The van der Waals surface area contributed by atoms with Crippen LogP contribution in [0, 0.1) is 0 Å². The van der Waals surface area contributed by atoms with E-state index in [0.717, 1.165) is 18.4 Å². The minimum absolute atomic E-state index is 0.255. The van der Waals surface area contributed by atoms with Crippen molar-refractivity contribution < 1.29 is 19.1 Å². The van der Waals surface area contributed by atoms with Gasteiger partial charge in [-0.2, -0.15) is 0 Å². The maximum absolute atomic E-state index is 12.5. The quantitative estimate of drug-likeness (QED) is 0.941. The van der Waals surface area contributed by atoms with Crippen molar-refractivity contribution in [1.82, 2.24) is 9.88 Å². The second-order valence-electron chi connectivity index (χ2n) is 4.89. The van der Waals surface area contributed by atoms with Crippen molar-refractivity contribution in [2.24, 2.45) is 0 Å². The van der Waals surface area contributed by atoms with Gasteiger partial charge < -0.3 is 14.4 Å². The molecule has 0 unspecified atom stereocenters. The normalized spacial score (nSPS) is 18.7. The van der Waals surface area contributed by atoms with E-state index in [4.69, 9.17) is 4.42 Å². The third kappa shape index (κ3) is 2.69. The highest BCUT2D eigenvalue weighted by molar-refractivity contribution is 7.16. The number of carboxylic acids is 1. The molecular weight excluding hydrogens is 292 g/mol. The summed E-state index contributed by atoms with van der Waals surface area (Å²) in [5.41, 5.74) is 0.812. The van der Waals surface area contributed by atoms with Gasteiger partial charge in [-0.15, -0.1) is 11.3 Å². The van der Waals surface area contributed by atoms with Crippen molar-refractivity contribution in [1.29, 1.82) is 0 Å². The van der Waals surface area contributed by atoms with E-state index in [-0.39, 0.29) is 5.91 Å². The van der Waals surface area contributed by atoms with Gasteiger partial charge in [-0.1, -0.05) is 0 Å². The van der Waals surface area contributed by atoms with Gasteiger partial charge in [-0.25, -0.2) is 9.78 Å². The van der Waals surface area contributed by atoms with Gasteiger partial charge in [0.2, 0.25) is 0 Å². The lowest BCUT2D eigenvalue weighted by atomic mass is 10.0. The number of likely N-dealkylation sites (tertiary alicyclic amines) is 1. The average Bonchev–Trinajstić information content (AvgIpc) is 3.17. The van der Waals surface area contributed by atoms with Gasteiger partial charge in [0.25, 0.3) is 5.91 Å². The van der Waals surface area contributed by atoms with Gasteiger partial charge in [0.15, 0.2) is 0 Å². The highest BCUT2D eigenvalue weighted by Gasteiger charge is 2.33. The second-order valence-corrected chi connectivity index (χ2v) is 5.92. The van der Waals surface area contributed by atoms with Gasteiger partial charge in [0.05, 0.1) is 12.5 Å². The molecule has 1 amide bonds. The number of rotatable bonds is 3. The monoisotopic (exact) mass is 306 g/mol. The highest BCUT2D eigenvalue weighted by atomic mass is 32.1. The molecule has 0 spiro atoms. The zero-order chi connectivity index (χ0) is 14.8. The molecule has 1 fully saturated rings. The Balaban J connectivity index is 1.83. The maximum atomic E-state index is 12.5. The molecule has 7 heteroatoms. The number of furan rings is 1. The summed E-state index contributed by atoms with van der Waals surface area (Å²) in [7, 11) is 0. The predicted molar refractivity (Wildman–Crippen MR) is 76.1 cm³/mol. The summed E-state index contributed by atoms with van der Waals surface area (Å²) in [5, 5.41) is 9.93. The standard InChI is InChI=1S/C14H14N2O4S/c17-13(16-5-2-1-3-10(16)14(18)19)11-7-15-12(21-11)9-4-6-20-8-9/h4,6-8,10H,1-3,5H2,(H,18,19)/t10-/m1/s1. The van der Waals surface area contributed by atoms with Gasteiger partial charge in [0.1, 0.15) is 22.2 Å². The molecule has 2 aromatic rings. The van der Waals surface area contributed by atoms with Crippen LogP contribution < -0.4 is 0 Å². The number of amides is 1. The van der Waals surface area contributed by atoms with Crippen molar-refractivity contribution >= 4 is 23.2 Å². The average molecular weight is 306 g/mol. The van der Waals surface area contributed by atoms with E-state index in [1.807, 2.05) is 0 Å². The summed E-state index contributed by atoms with van der Waals surface area (Å²) in [6, 6.07) is 1.04. The number of hydrogen-bond donors (Lipinski definition) is 1. The summed E-state index contributed by atoms with van der Waals surface area (Å²) in [4.78, 5) is 29.9. The molecule has 0 bridgehead atoms. The minimum atomic E-state index is -0.942. The van der Waals surface area contributed by atoms with Crippen LogP contribution in [0.5, 0.6) is 0 Å². The van der Waals surface area contributed by atoms with Gasteiger partial charge in [-0.05, 0) is 25.3 Å². The van der Waals surface area contributed by atoms with Crippen LogP contribution in [-0.2, 0) is 4.79 Å². The maximum Gasteiger partial charge on any atom is 0.326 e. The van der Waals surface area contributed by atoms with Gasteiger partial charge in [0, 0.05) is 12.1 Å². The Bertz CT molecular complexity index is 650. The van der Waals surface area contributed by atoms with Crippen LogP contribution in [0.15, 0.2) is 29.2 Å². The summed E-state index contributed by atoms with van der Waals surface area (Å²) in [6.45, 7) is 0.481. The fraction of sp³-hybridized carbons (Fsp3) is 0.357. The van der Waals surface area contributed by atoms with Crippen LogP contribution >= 0.6 is 11.3 Å². The molecule has 2 aromatic heterocycles. The number of aromatic nitrogens is 1. The van der Waals surface area contributed by atoms with E-state index in [2.05, 4.69) is 4.98 Å². The molecule has 1 aliphatic heterocycles. The largest absolute Gasteiger partial charge is 0.480 e. The molecule has 110 valence electrons. The van der Waals surface area contributed by atoms with Crippen LogP contribution in [-0.4, -0.2) is 39.5 Å². The van der Waals surface area contributed by atoms with Crippen molar-refractivity contribution in [3.05, 3.63) is 29.7 Å². The smallest absolute Gasteiger partial charge is 0.326 e. The topological polar surface area (TPSA) is 83.6 Å². The molecule has 3 rings (SSSR count). The van der Waals surface area contributed by atoms with Crippen LogP contribution in [0.1, 0.15) is 28.9 Å². The van der Waals surface area contributed by atoms with E-state index < -0.39 is 12.0 Å². The van der Waals surface area contributed by atoms with E-state index in [0.29, 0.717) is 22.9 Å². The number of piperidine rings is 1. The molecule has 6 nitrogen and oxygen atoms in total. The first-order valence-corrected chi connectivity index (χ1v) is 7.50. The fourth-order valence-corrected chi connectivity index (χ4v) is 3.32. The number of thiazole rings is 1. The van der Waals surface area contributed by atoms with E-state index in [1.165, 1.54) is 22.4 Å². The first-order valence-electron chi connectivity index (χ1n) is 6.69. The Hall–Kier alpha value is -2.15. The van der Waals surface area contributed by atoms with Crippen LogP contribution in [0.25, 0.3) is 10.6 Å². The number of nitrogens with zero attached hydrogens (tertiary/aromatic N) is 2. The molecule has 0 aromatic carbocycles. The number of carbonyl (C=O) groups excluding carboxylic acids is 1. The summed E-state index contributed by atoms with van der Waals surface area (Å²) < 4.78 is 5.00. The molecule has 1 aliphatic rings. The number of carbonyl (C=O) groups is 2. The fourth-order valence-electron chi connectivity index (χ4n) is 2.47. The highest BCUT2D eigenvalue weighted by Crippen LogP contribution is 2.28. The zero-order valence-electron chi connectivity index (χ0n) is 11.2. The summed E-state index contributed by atoms with van der Waals surface area (Å²) >= 11 is 1.25. The lowest BCUT2D eigenvalue weighted by Gasteiger charge is -2.32. The number of hydrogen-bond acceptors (Lipinski definition) is 5. The Morgan fingerprint density at radius 3 is 3.00 bits per heavy atom. The SMILES string of the molecule is O=C(O)[C@H]1CCCCN1C(=O)c1cnc(-c2ccoc2)s1. The summed E-state index contributed by atoms with van der Waals surface area (Å²) in [5.74, 6) is -1.20. The van der Waals surface area contributed by atoms with Crippen molar-refractivity contribution in [2.75, 3.05) is 6.54 Å². The minimum Gasteiger partial charge on any atom is -0.480 e. The van der Waals surface area contributed by atoms with Crippen LogP contribution in [0.3, 0.4) is 0 Å². The number of carboxylic acid groups (broad SMARTS) is 1. The van der Waals surface area contributed by atoms with E-state index in [1.54, 1.807) is 18.6 Å². The first kappa shape index (κ1) is 13.8. The van der Waals surface area contributed by atoms with Crippen molar-refractivity contribution in [3.8, 4) is 10.6 Å². The molecule has 0 saturated carbocycles. The summed E-state index contributed by atoms with van der Waals surface area (Å²) in [6.07, 6.45) is 6.79. The molecule has 1 atom stereocenters. The lowest BCUT2D eigenvalue weighted by molar-refractivity contribution is -0.143. The van der Waals surface area contributed by atoms with E-state index in [9.17, 15) is 14.7 Å². The Morgan fingerprint density at radius 1 is 1.43 bits per heavy atom. The molecule has 1 N–H and O–H groups in total. The number of aliphatic carboxylic acids is 1. The van der Waals surface area contributed by atoms with Gasteiger partial charge in [-0.3, -0.25) is 4.79 Å². The van der Waals surface area contributed by atoms with E-state index >= 15 is 0 Å². The van der Waals surface area contributed by atoms with Crippen LogP contribution in [0.4, 0.5) is 0 Å². The Labute approximate surface area is 125 Å². The molecule has 3 heterocycles. The third-order valence-corrected chi connectivity index (χ3v) is 4.57. The lowest BCUT2D eigenvalue weighted by Crippen LogP contribution is -2.47. The molecule has 21 heavy (non-hydrogen) atoms. The first-order chi connectivity index (χ1) is 10.2. The predicted octanol–water partition coefficient (Wildman–Crippen LogP) is 2.48. The van der Waals surface area contributed by atoms with Crippen LogP contribution in [0.2, 0.25) is 0 Å². The second kappa shape index (κ2) is 5.69. The van der Waals surface area contributed by atoms with Crippen molar-refractivity contribution in [2.45, 2.75) is 25.3 Å².